The lowest BCUT2D eigenvalue weighted by Gasteiger charge is -2.18. The van der Waals surface area contributed by atoms with E-state index in [-0.39, 0.29) is 24.5 Å². The van der Waals surface area contributed by atoms with Gasteiger partial charge in [0.25, 0.3) is 0 Å². The average molecular weight is 188 g/mol. The van der Waals surface area contributed by atoms with Gasteiger partial charge in [-0.15, -0.1) is 0 Å². The van der Waals surface area contributed by atoms with Crippen LogP contribution in [0.2, 0.25) is 0 Å². The van der Waals surface area contributed by atoms with Gasteiger partial charge < -0.3 is 16.2 Å². The van der Waals surface area contributed by atoms with E-state index < -0.39 is 6.04 Å². The lowest BCUT2D eigenvalue weighted by molar-refractivity contribution is -0.123. The van der Waals surface area contributed by atoms with Crippen LogP contribution in [0.25, 0.3) is 0 Å². The summed E-state index contributed by atoms with van der Waals surface area (Å²) in [6, 6.07) is -0.469. The molecule has 1 unspecified atom stereocenters. The van der Waals surface area contributed by atoms with E-state index in [1.54, 1.807) is 0 Å². The summed E-state index contributed by atoms with van der Waals surface area (Å²) in [6.45, 7) is 5.74. The quantitative estimate of drug-likeness (QED) is 0.562. The lowest BCUT2D eigenvalue weighted by Crippen LogP contribution is -2.47. The molecule has 0 aliphatic rings. The molecule has 0 aliphatic heterocycles. The first-order valence-electron chi connectivity index (χ1n) is 4.65. The summed E-state index contributed by atoms with van der Waals surface area (Å²) in [7, 11) is 0. The normalized spacial score (nSPS) is 15.5. The number of aliphatic hydroxyl groups excluding tert-OH is 1. The van der Waals surface area contributed by atoms with E-state index in [9.17, 15) is 4.79 Å². The molecule has 0 aromatic rings. The van der Waals surface area contributed by atoms with Gasteiger partial charge in [-0.2, -0.15) is 0 Å². The number of hydrogen-bond acceptors (Lipinski definition) is 3. The predicted molar refractivity (Wildman–Crippen MR) is 52.1 cm³/mol. The molecule has 0 bridgehead atoms. The molecule has 0 saturated heterocycles. The molecule has 0 saturated carbocycles. The Bertz CT molecular complexity index is 160. The fourth-order valence-corrected chi connectivity index (χ4v) is 0.908. The van der Waals surface area contributed by atoms with Gasteiger partial charge in [0.15, 0.2) is 0 Å². The van der Waals surface area contributed by atoms with E-state index >= 15 is 0 Å². The van der Waals surface area contributed by atoms with Crippen molar-refractivity contribution in [1.29, 1.82) is 0 Å². The van der Waals surface area contributed by atoms with Crippen molar-refractivity contribution in [2.45, 2.75) is 39.3 Å². The maximum atomic E-state index is 11.4. The van der Waals surface area contributed by atoms with Crippen molar-refractivity contribution < 1.29 is 9.90 Å². The number of nitrogens with two attached hydrogens (primary N) is 1. The van der Waals surface area contributed by atoms with Gasteiger partial charge in [-0.1, -0.05) is 13.8 Å². The standard InChI is InChI=1S/C9H20N2O2/c1-6(2)8(10)9(13)11-7(3)4-5-12/h6-8,12H,4-5,10H2,1-3H3,(H,11,13)/t7?,8-/m0/s1. The van der Waals surface area contributed by atoms with Crippen molar-refractivity contribution in [1.82, 2.24) is 5.32 Å². The number of aliphatic hydroxyl groups is 1. The smallest absolute Gasteiger partial charge is 0.237 e. The zero-order valence-corrected chi connectivity index (χ0v) is 8.58. The minimum absolute atomic E-state index is 0.0118. The molecule has 0 fully saturated rings. The highest BCUT2D eigenvalue weighted by molar-refractivity contribution is 5.81. The van der Waals surface area contributed by atoms with Crippen molar-refractivity contribution in [2.75, 3.05) is 6.61 Å². The Kier molecular flexibility index (Phi) is 5.66. The Balaban J connectivity index is 3.85. The van der Waals surface area contributed by atoms with Gasteiger partial charge in [-0.25, -0.2) is 0 Å². The van der Waals surface area contributed by atoms with Gasteiger partial charge in [-0.05, 0) is 19.3 Å². The van der Waals surface area contributed by atoms with E-state index in [0.717, 1.165) is 0 Å². The molecule has 1 amide bonds. The van der Waals surface area contributed by atoms with E-state index in [0.29, 0.717) is 6.42 Å². The molecule has 0 aromatic heterocycles. The van der Waals surface area contributed by atoms with E-state index in [4.69, 9.17) is 10.8 Å². The number of nitrogens with one attached hydrogen (secondary N) is 1. The Morgan fingerprint density at radius 2 is 2.00 bits per heavy atom. The molecule has 78 valence electrons. The minimum Gasteiger partial charge on any atom is -0.396 e. The van der Waals surface area contributed by atoms with Gasteiger partial charge in [0.05, 0.1) is 6.04 Å². The van der Waals surface area contributed by atoms with E-state index in [1.807, 2.05) is 20.8 Å². The third-order valence-electron chi connectivity index (χ3n) is 1.97. The topological polar surface area (TPSA) is 75.3 Å². The molecule has 0 aromatic carbocycles. The zero-order valence-electron chi connectivity index (χ0n) is 8.58. The van der Waals surface area contributed by atoms with Crippen LogP contribution in [-0.2, 0) is 4.79 Å². The number of rotatable bonds is 5. The Morgan fingerprint density at radius 1 is 1.46 bits per heavy atom. The second-order valence-electron chi connectivity index (χ2n) is 3.69. The summed E-state index contributed by atoms with van der Waals surface area (Å²) in [5, 5.41) is 11.4. The van der Waals surface area contributed by atoms with Gasteiger partial charge in [0.1, 0.15) is 0 Å². The largest absolute Gasteiger partial charge is 0.396 e. The maximum Gasteiger partial charge on any atom is 0.237 e. The third kappa shape index (κ3) is 4.85. The summed E-state index contributed by atoms with van der Waals surface area (Å²) in [5.41, 5.74) is 5.63. The van der Waals surface area contributed by atoms with Gasteiger partial charge >= 0.3 is 0 Å². The molecule has 4 nitrogen and oxygen atoms in total. The number of carbonyl (C=O) groups excluding carboxylic acids is 1. The van der Waals surface area contributed by atoms with Crippen LogP contribution in [-0.4, -0.2) is 29.7 Å². The summed E-state index contributed by atoms with van der Waals surface area (Å²) < 4.78 is 0. The Hall–Kier alpha value is -0.610. The molecular formula is C9H20N2O2. The van der Waals surface area contributed by atoms with Crippen molar-refractivity contribution in [2.24, 2.45) is 11.7 Å². The van der Waals surface area contributed by atoms with Crippen LogP contribution in [0.15, 0.2) is 0 Å². The molecule has 13 heavy (non-hydrogen) atoms. The second-order valence-corrected chi connectivity index (χ2v) is 3.69. The first kappa shape index (κ1) is 12.4. The summed E-state index contributed by atoms with van der Waals surface area (Å²) in [4.78, 5) is 11.4. The minimum atomic E-state index is -0.457. The van der Waals surface area contributed by atoms with E-state index in [2.05, 4.69) is 5.32 Å². The van der Waals surface area contributed by atoms with E-state index in [1.165, 1.54) is 0 Å². The summed E-state index contributed by atoms with van der Waals surface area (Å²) >= 11 is 0. The van der Waals surface area contributed by atoms with Crippen LogP contribution < -0.4 is 11.1 Å². The van der Waals surface area contributed by atoms with Crippen molar-refractivity contribution >= 4 is 5.91 Å². The molecule has 0 spiro atoms. The van der Waals surface area contributed by atoms with Gasteiger partial charge in [-0.3, -0.25) is 4.79 Å². The molecule has 0 aliphatic carbocycles. The van der Waals surface area contributed by atoms with Crippen LogP contribution >= 0.6 is 0 Å². The SMILES string of the molecule is CC(CCO)NC(=O)[C@@H](N)C(C)C. The molecule has 0 rings (SSSR count). The third-order valence-corrected chi connectivity index (χ3v) is 1.97. The maximum absolute atomic E-state index is 11.4. The van der Waals surface area contributed by atoms with Crippen LogP contribution in [0.4, 0.5) is 0 Å². The van der Waals surface area contributed by atoms with Crippen LogP contribution in [0.5, 0.6) is 0 Å². The molecule has 0 heterocycles. The fourth-order valence-electron chi connectivity index (χ4n) is 0.908. The first-order chi connectivity index (χ1) is 5.99. The molecule has 2 atom stereocenters. The fraction of sp³-hybridized carbons (Fsp3) is 0.889. The summed E-state index contributed by atoms with van der Waals surface area (Å²) in [6.07, 6.45) is 0.566. The monoisotopic (exact) mass is 188 g/mol. The highest BCUT2D eigenvalue weighted by atomic mass is 16.3. The highest BCUT2D eigenvalue weighted by Crippen LogP contribution is 1.99. The first-order valence-corrected chi connectivity index (χ1v) is 4.65. The number of hydrogen-bond donors (Lipinski definition) is 3. The molecule has 4 heteroatoms. The van der Waals surface area contributed by atoms with Crippen molar-refractivity contribution in [3.8, 4) is 0 Å². The molecule has 4 N–H and O–H groups in total. The zero-order chi connectivity index (χ0) is 10.4. The van der Waals surface area contributed by atoms with Crippen LogP contribution in [0.3, 0.4) is 0 Å². The summed E-state index contributed by atoms with van der Waals surface area (Å²) in [5.74, 6) is -0.00252. The second kappa shape index (κ2) is 5.94. The number of amides is 1. The van der Waals surface area contributed by atoms with Crippen LogP contribution in [0, 0.1) is 5.92 Å². The van der Waals surface area contributed by atoms with Crippen molar-refractivity contribution in [3.05, 3.63) is 0 Å². The highest BCUT2D eigenvalue weighted by Gasteiger charge is 2.18. The Labute approximate surface area is 79.5 Å². The predicted octanol–water partition coefficient (Wildman–Crippen LogP) is -0.143. The molecule has 0 radical (unpaired) electrons. The van der Waals surface area contributed by atoms with Gasteiger partial charge in [0.2, 0.25) is 5.91 Å². The number of carbonyl (C=O) groups is 1. The Morgan fingerprint density at radius 3 is 2.38 bits per heavy atom. The average Bonchev–Trinajstić information content (AvgIpc) is 2.03. The molecular weight excluding hydrogens is 168 g/mol. The van der Waals surface area contributed by atoms with Crippen molar-refractivity contribution in [3.63, 3.8) is 0 Å². The van der Waals surface area contributed by atoms with Crippen LogP contribution in [0.1, 0.15) is 27.2 Å². The lowest BCUT2D eigenvalue weighted by atomic mass is 10.0. The van der Waals surface area contributed by atoms with Gasteiger partial charge in [0, 0.05) is 12.6 Å².